The van der Waals surface area contributed by atoms with E-state index in [1.807, 2.05) is 0 Å². The van der Waals surface area contributed by atoms with Gasteiger partial charge in [-0.2, -0.15) is 0 Å². The molecule has 1 fully saturated rings. The van der Waals surface area contributed by atoms with Gasteiger partial charge in [0.2, 0.25) is 0 Å². The van der Waals surface area contributed by atoms with E-state index in [-0.39, 0.29) is 0 Å². The number of rotatable bonds is 4. The van der Waals surface area contributed by atoms with Gasteiger partial charge in [0.1, 0.15) is 0 Å². The molecule has 1 rings (SSSR count). The fourth-order valence-electron chi connectivity index (χ4n) is 1.41. The van der Waals surface area contributed by atoms with Crippen LogP contribution < -0.4 is 5.48 Å². The quantitative estimate of drug-likeness (QED) is 0.675. The maximum absolute atomic E-state index is 10.3. The van der Waals surface area contributed by atoms with Crippen molar-refractivity contribution in [3.8, 4) is 0 Å². The topological polar surface area (TPSA) is 61.8 Å². The van der Waals surface area contributed by atoms with Crippen LogP contribution in [-0.2, 0) is 9.63 Å². The second-order valence-electron chi connectivity index (χ2n) is 3.92. The van der Waals surface area contributed by atoms with Crippen molar-refractivity contribution in [1.82, 2.24) is 10.4 Å². The third-order valence-corrected chi connectivity index (χ3v) is 2.38. The number of hydrogen-bond donors (Lipinski definition) is 2. The van der Waals surface area contributed by atoms with E-state index >= 15 is 0 Å². The number of hydroxylamine groups is 1. The first-order valence-corrected chi connectivity index (χ1v) is 5.16. The number of aliphatic carboxylic acids is 1. The first kappa shape index (κ1) is 14.3. The van der Waals surface area contributed by atoms with Crippen molar-refractivity contribution in [1.29, 1.82) is 0 Å². The largest absolute Gasteiger partial charge is 0.481 e. The molecule has 0 aromatic carbocycles. The predicted octanol–water partition coefficient (Wildman–Crippen LogP) is 0.569. The Morgan fingerprint density at radius 3 is 2.33 bits per heavy atom. The zero-order valence-electron chi connectivity index (χ0n) is 9.99. The van der Waals surface area contributed by atoms with Gasteiger partial charge in [-0.1, -0.05) is 0 Å². The second kappa shape index (κ2) is 7.62. The third kappa shape index (κ3) is 6.43. The van der Waals surface area contributed by atoms with Crippen molar-refractivity contribution in [2.75, 3.05) is 27.2 Å². The van der Waals surface area contributed by atoms with E-state index in [0.717, 1.165) is 13.1 Å². The number of hydrogen-bond acceptors (Lipinski definition) is 4. The molecule has 0 bridgehead atoms. The summed E-state index contributed by atoms with van der Waals surface area (Å²) in [5.74, 6) is -0.270. The first-order chi connectivity index (χ1) is 7.01. The van der Waals surface area contributed by atoms with E-state index in [2.05, 4.69) is 29.1 Å². The van der Waals surface area contributed by atoms with Gasteiger partial charge in [0.25, 0.3) is 0 Å². The van der Waals surface area contributed by atoms with Crippen LogP contribution in [0.1, 0.15) is 20.3 Å². The Kier molecular flexibility index (Phi) is 7.29. The Labute approximate surface area is 91.4 Å². The normalized spacial score (nSPS) is 16.9. The van der Waals surface area contributed by atoms with E-state index < -0.39 is 5.97 Å². The van der Waals surface area contributed by atoms with Crippen LogP contribution in [0, 0.1) is 5.92 Å². The highest BCUT2D eigenvalue weighted by Gasteiger charge is 2.29. The summed E-state index contributed by atoms with van der Waals surface area (Å²) in [5, 5.41) is 8.46. The highest BCUT2D eigenvalue weighted by molar-refractivity contribution is 5.67. The van der Waals surface area contributed by atoms with Crippen LogP contribution in [-0.4, -0.2) is 49.3 Å². The standard InChI is InChI=1S/C8H15NO2.C2H7NO/c1-6(2)9-4-7(5-9)3-8(10)11;1-3-4-2/h6-7H,3-5H2,1-2H3,(H,10,11);3H,1-2H3. The smallest absolute Gasteiger partial charge is 0.303 e. The summed E-state index contributed by atoms with van der Waals surface area (Å²) in [5.41, 5.74) is 2.43. The van der Waals surface area contributed by atoms with Crippen molar-refractivity contribution in [3.05, 3.63) is 0 Å². The lowest BCUT2D eigenvalue weighted by atomic mass is 9.95. The summed E-state index contributed by atoms with van der Waals surface area (Å²) in [4.78, 5) is 16.8. The van der Waals surface area contributed by atoms with Gasteiger partial charge in [-0.15, -0.1) is 0 Å². The lowest BCUT2D eigenvalue weighted by molar-refractivity contribution is -0.139. The minimum absolute atomic E-state index is 0.337. The molecule has 2 N–H and O–H groups in total. The molecule has 0 spiro atoms. The van der Waals surface area contributed by atoms with Gasteiger partial charge in [-0.3, -0.25) is 4.79 Å². The monoisotopic (exact) mass is 218 g/mol. The number of nitrogens with zero attached hydrogens (tertiary/aromatic N) is 1. The van der Waals surface area contributed by atoms with Gasteiger partial charge < -0.3 is 14.8 Å². The molecule has 90 valence electrons. The summed E-state index contributed by atoms with van der Waals surface area (Å²) in [7, 11) is 3.28. The van der Waals surface area contributed by atoms with Crippen LogP contribution in [0.15, 0.2) is 0 Å². The SMILES string of the molecule is CC(C)N1CC(CC(=O)O)C1.CNOC. The summed E-state index contributed by atoms with van der Waals surface area (Å²) in [6.07, 6.45) is 0.337. The number of carboxylic acids is 1. The van der Waals surface area contributed by atoms with E-state index in [1.165, 1.54) is 0 Å². The molecule has 0 saturated carbocycles. The Morgan fingerprint density at radius 2 is 2.07 bits per heavy atom. The van der Waals surface area contributed by atoms with Gasteiger partial charge in [0, 0.05) is 26.2 Å². The van der Waals surface area contributed by atoms with Crippen molar-refractivity contribution in [3.63, 3.8) is 0 Å². The van der Waals surface area contributed by atoms with Gasteiger partial charge in [0.15, 0.2) is 0 Å². The number of nitrogens with one attached hydrogen (secondary N) is 1. The highest BCUT2D eigenvalue weighted by Crippen LogP contribution is 2.20. The maximum atomic E-state index is 10.3. The zero-order chi connectivity index (χ0) is 11.8. The van der Waals surface area contributed by atoms with E-state index in [9.17, 15) is 4.79 Å². The van der Waals surface area contributed by atoms with Crippen molar-refractivity contribution >= 4 is 5.97 Å². The molecule has 0 aliphatic carbocycles. The molecule has 0 aromatic heterocycles. The average Bonchev–Trinajstić information content (AvgIpc) is 2.10. The first-order valence-electron chi connectivity index (χ1n) is 5.16. The number of carboxylic acid groups (broad SMARTS) is 1. The van der Waals surface area contributed by atoms with Crippen molar-refractivity contribution in [2.24, 2.45) is 5.92 Å². The van der Waals surface area contributed by atoms with E-state index in [1.54, 1.807) is 14.2 Å². The van der Waals surface area contributed by atoms with Crippen LogP contribution >= 0.6 is 0 Å². The summed E-state index contributed by atoms with van der Waals surface area (Å²) >= 11 is 0. The molecule has 1 saturated heterocycles. The Morgan fingerprint density at radius 1 is 1.60 bits per heavy atom. The van der Waals surface area contributed by atoms with Gasteiger partial charge in [-0.25, -0.2) is 5.48 Å². The molecule has 0 atom stereocenters. The molecule has 0 amide bonds. The fourth-order valence-corrected chi connectivity index (χ4v) is 1.41. The molecule has 1 heterocycles. The van der Waals surface area contributed by atoms with Crippen LogP contribution in [0.25, 0.3) is 0 Å². The second-order valence-corrected chi connectivity index (χ2v) is 3.92. The molecular weight excluding hydrogens is 196 g/mol. The lowest BCUT2D eigenvalue weighted by Crippen LogP contribution is -2.50. The lowest BCUT2D eigenvalue weighted by Gasteiger charge is -2.41. The van der Waals surface area contributed by atoms with E-state index in [4.69, 9.17) is 5.11 Å². The third-order valence-electron chi connectivity index (χ3n) is 2.38. The molecule has 5 heteroatoms. The molecule has 1 aliphatic heterocycles. The van der Waals surface area contributed by atoms with E-state index in [0.29, 0.717) is 18.4 Å². The van der Waals surface area contributed by atoms with Gasteiger partial charge in [-0.05, 0) is 19.8 Å². The fraction of sp³-hybridized carbons (Fsp3) is 0.900. The molecule has 1 aliphatic rings. The maximum Gasteiger partial charge on any atom is 0.303 e. The number of likely N-dealkylation sites (tertiary alicyclic amines) is 1. The molecule has 0 radical (unpaired) electrons. The summed E-state index contributed by atoms with van der Waals surface area (Å²) in [6, 6.07) is 0.569. The van der Waals surface area contributed by atoms with Crippen LogP contribution in [0.5, 0.6) is 0 Å². The van der Waals surface area contributed by atoms with Crippen LogP contribution in [0.2, 0.25) is 0 Å². The zero-order valence-corrected chi connectivity index (χ0v) is 9.99. The van der Waals surface area contributed by atoms with Gasteiger partial charge >= 0.3 is 5.97 Å². The van der Waals surface area contributed by atoms with Gasteiger partial charge in [0.05, 0.1) is 13.5 Å². The number of carbonyl (C=O) groups is 1. The molecule has 0 unspecified atom stereocenters. The van der Waals surface area contributed by atoms with Crippen molar-refractivity contribution < 1.29 is 14.7 Å². The Balaban J connectivity index is 0.000000423. The molecule has 15 heavy (non-hydrogen) atoms. The Hall–Kier alpha value is -0.650. The minimum Gasteiger partial charge on any atom is -0.481 e. The van der Waals surface area contributed by atoms with Crippen LogP contribution in [0.4, 0.5) is 0 Å². The minimum atomic E-state index is -0.668. The summed E-state index contributed by atoms with van der Waals surface area (Å²) in [6.45, 7) is 6.20. The predicted molar refractivity (Wildman–Crippen MR) is 58.5 cm³/mol. The molecular formula is C10H22N2O3. The Bertz CT molecular complexity index is 178. The van der Waals surface area contributed by atoms with Crippen LogP contribution in [0.3, 0.4) is 0 Å². The average molecular weight is 218 g/mol. The molecule has 5 nitrogen and oxygen atoms in total. The summed E-state index contributed by atoms with van der Waals surface area (Å²) < 4.78 is 0. The van der Waals surface area contributed by atoms with Crippen molar-refractivity contribution in [2.45, 2.75) is 26.3 Å². The molecule has 0 aromatic rings. The highest BCUT2D eigenvalue weighted by atomic mass is 16.6.